The Labute approximate surface area is 120 Å². The first-order valence-corrected chi connectivity index (χ1v) is 8.64. The van der Waals surface area contributed by atoms with Crippen LogP contribution in [-0.4, -0.2) is 25.8 Å². The molecule has 1 aliphatic carbocycles. The maximum Gasteiger partial charge on any atom is 0.0724 e. The van der Waals surface area contributed by atoms with E-state index in [1.807, 2.05) is 7.11 Å². The molecule has 1 rings (SSSR count). The van der Waals surface area contributed by atoms with E-state index >= 15 is 0 Å². The minimum atomic E-state index is 0.461. The zero-order valence-corrected chi connectivity index (χ0v) is 13.3. The summed E-state index contributed by atoms with van der Waals surface area (Å²) >= 11 is 0. The van der Waals surface area contributed by atoms with Crippen LogP contribution in [0.3, 0.4) is 0 Å². The van der Waals surface area contributed by atoms with Gasteiger partial charge in [0.25, 0.3) is 0 Å². The standard InChI is InChI=1S/C17H35NO/c1-3-4-5-6-7-8-9-12-15-18-16-13-10-11-14-17(16)19-2/h16-18H,3-15H2,1-2H3. The number of methoxy groups -OCH3 is 1. The van der Waals surface area contributed by atoms with Crippen LogP contribution in [0.2, 0.25) is 0 Å². The molecule has 1 saturated carbocycles. The molecule has 0 aliphatic heterocycles. The molecule has 0 saturated heterocycles. The van der Waals surface area contributed by atoms with E-state index in [0.717, 1.165) is 0 Å². The Bertz CT molecular complexity index is 196. The van der Waals surface area contributed by atoms with Crippen LogP contribution < -0.4 is 5.32 Å². The summed E-state index contributed by atoms with van der Waals surface area (Å²) in [5, 5.41) is 3.71. The molecule has 0 bridgehead atoms. The lowest BCUT2D eigenvalue weighted by molar-refractivity contribution is 0.0418. The molecule has 0 amide bonds. The van der Waals surface area contributed by atoms with E-state index in [1.54, 1.807) is 0 Å². The molecule has 19 heavy (non-hydrogen) atoms. The molecule has 114 valence electrons. The van der Waals surface area contributed by atoms with Crippen LogP contribution in [-0.2, 0) is 4.74 Å². The maximum absolute atomic E-state index is 5.57. The SMILES string of the molecule is CCCCCCCCCCNC1CCCCC1OC. The minimum Gasteiger partial charge on any atom is -0.380 e. The maximum atomic E-state index is 5.57. The molecule has 0 spiro atoms. The minimum absolute atomic E-state index is 0.461. The highest BCUT2D eigenvalue weighted by molar-refractivity contribution is 4.81. The van der Waals surface area contributed by atoms with Gasteiger partial charge in [-0.05, 0) is 25.8 Å². The molecule has 1 N–H and O–H groups in total. The van der Waals surface area contributed by atoms with Gasteiger partial charge in [0, 0.05) is 13.2 Å². The monoisotopic (exact) mass is 269 g/mol. The van der Waals surface area contributed by atoms with Crippen LogP contribution >= 0.6 is 0 Å². The fourth-order valence-electron chi connectivity index (χ4n) is 3.16. The Morgan fingerprint density at radius 3 is 2.21 bits per heavy atom. The van der Waals surface area contributed by atoms with E-state index in [-0.39, 0.29) is 0 Å². The van der Waals surface area contributed by atoms with E-state index in [1.165, 1.54) is 83.6 Å². The highest BCUT2D eigenvalue weighted by Gasteiger charge is 2.23. The zero-order chi connectivity index (χ0) is 13.8. The third-order valence-electron chi connectivity index (χ3n) is 4.44. The predicted octanol–water partition coefficient (Wildman–Crippen LogP) is 4.67. The molecular formula is C17H35NO. The summed E-state index contributed by atoms with van der Waals surface area (Å²) in [6.45, 7) is 3.46. The van der Waals surface area contributed by atoms with Crippen molar-refractivity contribution in [1.29, 1.82) is 0 Å². The van der Waals surface area contributed by atoms with Gasteiger partial charge in [0.2, 0.25) is 0 Å². The summed E-state index contributed by atoms with van der Waals surface area (Å²) < 4.78 is 5.57. The first-order valence-electron chi connectivity index (χ1n) is 8.64. The number of ether oxygens (including phenoxy) is 1. The van der Waals surface area contributed by atoms with Crippen molar-refractivity contribution in [2.75, 3.05) is 13.7 Å². The van der Waals surface area contributed by atoms with Gasteiger partial charge in [-0.25, -0.2) is 0 Å². The summed E-state index contributed by atoms with van der Waals surface area (Å²) in [5.74, 6) is 0. The lowest BCUT2D eigenvalue weighted by Gasteiger charge is -2.31. The largest absolute Gasteiger partial charge is 0.380 e. The molecule has 1 fully saturated rings. The fraction of sp³-hybridized carbons (Fsp3) is 1.00. The number of rotatable bonds is 11. The van der Waals surface area contributed by atoms with E-state index in [9.17, 15) is 0 Å². The third-order valence-corrected chi connectivity index (χ3v) is 4.44. The molecule has 0 aromatic carbocycles. The van der Waals surface area contributed by atoms with Gasteiger partial charge < -0.3 is 10.1 Å². The number of unbranched alkanes of at least 4 members (excludes halogenated alkanes) is 7. The van der Waals surface area contributed by atoms with Gasteiger partial charge in [-0.1, -0.05) is 64.7 Å². The van der Waals surface area contributed by atoms with Crippen LogP contribution in [0.1, 0.15) is 84.0 Å². The van der Waals surface area contributed by atoms with Gasteiger partial charge in [0.1, 0.15) is 0 Å². The second-order valence-corrected chi connectivity index (χ2v) is 6.09. The molecule has 1 aliphatic rings. The first kappa shape index (κ1) is 17.0. The summed E-state index contributed by atoms with van der Waals surface area (Å²) in [6, 6.07) is 0.614. The Hall–Kier alpha value is -0.0800. The number of hydrogen-bond acceptors (Lipinski definition) is 2. The van der Waals surface area contributed by atoms with Crippen molar-refractivity contribution < 1.29 is 4.74 Å². The summed E-state index contributed by atoms with van der Waals surface area (Å²) in [5.41, 5.74) is 0. The molecule has 2 unspecified atom stereocenters. The van der Waals surface area contributed by atoms with Gasteiger partial charge in [-0.3, -0.25) is 0 Å². The van der Waals surface area contributed by atoms with Gasteiger partial charge in [0.05, 0.1) is 6.10 Å². The molecule has 0 heterocycles. The highest BCUT2D eigenvalue weighted by atomic mass is 16.5. The Kier molecular flexibility index (Phi) is 10.5. The van der Waals surface area contributed by atoms with Crippen LogP contribution in [0.15, 0.2) is 0 Å². The van der Waals surface area contributed by atoms with Gasteiger partial charge in [-0.2, -0.15) is 0 Å². The van der Waals surface area contributed by atoms with Crippen molar-refractivity contribution in [1.82, 2.24) is 5.32 Å². The average Bonchev–Trinajstić information content (AvgIpc) is 2.46. The van der Waals surface area contributed by atoms with E-state index < -0.39 is 0 Å². The van der Waals surface area contributed by atoms with Crippen molar-refractivity contribution in [3.63, 3.8) is 0 Å². The summed E-state index contributed by atoms with van der Waals surface area (Å²) in [6.07, 6.45) is 16.9. The van der Waals surface area contributed by atoms with Crippen molar-refractivity contribution in [2.45, 2.75) is 96.1 Å². The number of nitrogens with one attached hydrogen (secondary N) is 1. The molecule has 2 heteroatoms. The van der Waals surface area contributed by atoms with Gasteiger partial charge in [0.15, 0.2) is 0 Å². The molecule has 2 nitrogen and oxygen atoms in total. The fourth-order valence-corrected chi connectivity index (χ4v) is 3.16. The van der Waals surface area contributed by atoms with Crippen molar-refractivity contribution in [2.24, 2.45) is 0 Å². The second kappa shape index (κ2) is 11.7. The smallest absolute Gasteiger partial charge is 0.0724 e. The van der Waals surface area contributed by atoms with Crippen LogP contribution in [0.25, 0.3) is 0 Å². The normalized spacial score (nSPS) is 23.7. The number of hydrogen-bond donors (Lipinski definition) is 1. The lowest BCUT2D eigenvalue weighted by Crippen LogP contribution is -2.43. The van der Waals surface area contributed by atoms with E-state index in [2.05, 4.69) is 12.2 Å². The van der Waals surface area contributed by atoms with Gasteiger partial charge >= 0.3 is 0 Å². The third kappa shape index (κ3) is 7.94. The molecular weight excluding hydrogens is 234 g/mol. The zero-order valence-electron chi connectivity index (χ0n) is 13.3. The van der Waals surface area contributed by atoms with Crippen LogP contribution in [0.5, 0.6) is 0 Å². The average molecular weight is 269 g/mol. The van der Waals surface area contributed by atoms with Crippen molar-refractivity contribution >= 4 is 0 Å². The Morgan fingerprint density at radius 2 is 1.53 bits per heavy atom. The summed E-state index contributed by atoms with van der Waals surface area (Å²) in [4.78, 5) is 0. The molecule has 0 aromatic rings. The highest BCUT2D eigenvalue weighted by Crippen LogP contribution is 2.20. The Morgan fingerprint density at radius 1 is 0.895 bits per heavy atom. The topological polar surface area (TPSA) is 21.3 Å². The molecule has 2 atom stereocenters. The molecule has 0 aromatic heterocycles. The summed E-state index contributed by atoms with van der Waals surface area (Å²) in [7, 11) is 1.86. The lowest BCUT2D eigenvalue weighted by atomic mass is 9.92. The second-order valence-electron chi connectivity index (χ2n) is 6.09. The predicted molar refractivity (Wildman–Crippen MR) is 83.7 cm³/mol. The van der Waals surface area contributed by atoms with E-state index in [0.29, 0.717) is 12.1 Å². The quantitative estimate of drug-likeness (QED) is 0.550. The van der Waals surface area contributed by atoms with Crippen LogP contribution in [0.4, 0.5) is 0 Å². The van der Waals surface area contributed by atoms with Crippen molar-refractivity contribution in [3.05, 3.63) is 0 Å². The first-order chi connectivity index (χ1) is 9.38. The molecule has 0 radical (unpaired) electrons. The van der Waals surface area contributed by atoms with Gasteiger partial charge in [-0.15, -0.1) is 0 Å². The van der Waals surface area contributed by atoms with E-state index in [4.69, 9.17) is 4.74 Å². The van der Waals surface area contributed by atoms with Crippen molar-refractivity contribution in [3.8, 4) is 0 Å². The Balaban J connectivity index is 1.89. The van der Waals surface area contributed by atoms with Crippen LogP contribution in [0, 0.1) is 0 Å².